The van der Waals surface area contributed by atoms with Crippen LogP contribution < -0.4 is 15.6 Å². The lowest BCUT2D eigenvalue weighted by molar-refractivity contribution is 0.0787. The molecule has 0 aliphatic rings. The number of halogens is 1. The SMILES string of the molecule is COc1cc(Cl)c(C)cc1-n1ccnc(NCCCOC(C)C)c1=O. The maximum Gasteiger partial charge on any atom is 0.297 e. The Hall–Kier alpha value is -2.05. The number of hydrogen-bond donors (Lipinski definition) is 1. The molecule has 1 N–H and O–H groups in total. The van der Waals surface area contributed by atoms with E-state index in [1.807, 2.05) is 26.8 Å². The minimum atomic E-state index is -0.243. The molecule has 25 heavy (non-hydrogen) atoms. The molecule has 0 atom stereocenters. The predicted molar refractivity (Wildman–Crippen MR) is 100 cm³/mol. The summed E-state index contributed by atoms with van der Waals surface area (Å²) in [5.74, 6) is 0.821. The first-order valence-electron chi connectivity index (χ1n) is 8.21. The van der Waals surface area contributed by atoms with E-state index in [0.29, 0.717) is 35.4 Å². The van der Waals surface area contributed by atoms with Crippen LogP contribution in [0.1, 0.15) is 25.8 Å². The van der Waals surface area contributed by atoms with Crippen LogP contribution in [0.15, 0.2) is 29.3 Å². The number of ether oxygens (including phenoxy) is 2. The summed E-state index contributed by atoms with van der Waals surface area (Å²) in [7, 11) is 1.55. The van der Waals surface area contributed by atoms with Crippen molar-refractivity contribution in [3.63, 3.8) is 0 Å². The number of benzene rings is 1. The third-order valence-electron chi connectivity index (χ3n) is 3.63. The van der Waals surface area contributed by atoms with Crippen molar-refractivity contribution in [2.75, 3.05) is 25.6 Å². The molecule has 2 aromatic rings. The Kier molecular flexibility index (Phi) is 6.84. The van der Waals surface area contributed by atoms with E-state index in [-0.39, 0.29) is 11.7 Å². The number of rotatable bonds is 8. The summed E-state index contributed by atoms with van der Waals surface area (Å²) in [5.41, 5.74) is 1.25. The van der Waals surface area contributed by atoms with Gasteiger partial charge in [-0.2, -0.15) is 0 Å². The maximum absolute atomic E-state index is 12.7. The molecule has 6 nitrogen and oxygen atoms in total. The van der Waals surface area contributed by atoms with Crippen molar-refractivity contribution in [1.82, 2.24) is 9.55 Å². The largest absolute Gasteiger partial charge is 0.495 e. The molecule has 1 heterocycles. The molecular formula is C18H24ClN3O3. The fourth-order valence-corrected chi connectivity index (χ4v) is 2.47. The first-order chi connectivity index (χ1) is 11.9. The molecule has 2 rings (SSSR count). The highest BCUT2D eigenvalue weighted by atomic mass is 35.5. The highest BCUT2D eigenvalue weighted by Gasteiger charge is 2.12. The molecule has 7 heteroatoms. The molecule has 1 aromatic carbocycles. The minimum absolute atomic E-state index is 0.202. The van der Waals surface area contributed by atoms with E-state index in [2.05, 4.69) is 10.3 Å². The van der Waals surface area contributed by atoms with Gasteiger partial charge in [0.1, 0.15) is 5.75 Å². The van der Waals surface area contributed by atoms with Crippen molar-refractivity contribution >= 4 is 17.4 Å². The van der Waals surface area contributed by atoms with Gasteiger partial charge in [0.05, 0.1) is 18.9 Å². The van der Waals surface area contributed by atoms with Crippen LogP contribution in [0.25, 0.3) is 5.69 Å². The molecule has 0 unspecified atom stereocenters. The molecule has 0 fully saturated rings. The zero-order valence-electron chi connectivity index (χ0n) is 15.0. The molecule has 0 saturated carbocycles. The quantitative estimate of drug-likeness (QED) is 0.726. The van der Waals surface area contributed by atoms with Gasteiger partial charge in [0.2, 0.25) is 0 Å². The normalized spacial score (nSPS) is 11.0. The number of nitrogens with zero attached hydrogens (tertiary/aromatic N) is 2. The fourth-order valence-electron chi connectivity index (χ4n) is 2.32. The summed E-state index contributed by atoms with van der Waals surface area (Å²) in [6, 6.07) is 3.53. The Labute approximate surface area is 152 Å². The van der Waals surface area contributed by atoms with Gasteiger partial charge in [-0.15, -0.1) is 0 Å². The lowest BCUT2D eigenvalue weighted by atomic mass is 10.2. The van der Waals surface area contributed by atoms with E-state index in [1.165, 1.54) is 4.57 Å². The van der Waals surface area contributed by atoms with Gasteiger partial charge >= 0.3 is 0 Å². The van der Waals surface area contributed by atoms with Crippen LogP contribution in [0.5, 0.6) is 5.75 Å². The van der Waals surface area contributed by atoms with E-state index < -0.39 is 0 Å². The molecule has 0 amide bonds. The first kappa shape index (κ1) is 19.3. The topological polar surface area (TPSA) is 65.4 Å². The summed E-state index contributed by atoms with van der Waals surface area (Å²) in [6.45, 7) is 7.11. The summed E-state index contributed by atoms with van der Waals surface area (Å²) in [6.07, 6.45) is 4.18. The zero-order valence-corrected chi connectivity index (χ0v) is 15.8. The summed E-state index contributed by atoms with van der Waals surface area (Å²) >= 11 is 6.14. The third kappa shape index (κ3) is 4.96. The number of aromatic nitrogens is 2. The molecule has 0 spiro atoms. The second-order valence-electron chi connectivity index (χ2n) is 5.92. The van der Waals surface area contributed by atoms with E-state index in [9.17, 15) is 4.79 Å². The highest BCUT2D eigenvalue weighted by molar-refractivity contribution is 6.31. The molecule has 136 valence electrons. The van der Waals surface area contributed by atoms with Gasteiger partial charge in [0, 0.05) is 36.6 Å². The van der Waals surface area contributed by atoms with E-state index in [4.69, 9.17) is 21.1 Å². The van der Waals surface area contributed by atoms with Gasteiger partial charge in [-0.1, -0.05) is 11.6 Å². The Bertz CT molecular complexity index is 775. The Morgan fingerprint density at radius 2 is 2.12 bits per heavy atom. The maximum atomic E-state index is 12.7. The van der Waals surface area contributed by atoms with Gasteiger partial charge in [-0.25, -0.2) is 4.98 Å². The van der Waals surface area contributed by atoms with Crippen LogP contribution >= 0.6 is 11.6 Å². The number of methoxy groups -OCH3 is 1. The van der Waals surface area contributed by atoms with Gasteiger partial charge in [-0.3, -0.25) is 9.36 Å². The van der Waals surface area contributed by atoms with Crippen molar-refractivity contribution < 1.29 is 9.47 Å². The lowest BCUT2D eigenvalue weighted by Crippen LogP contribution is -2.24. The van der Waals surface area contributed by atoms with Crippen molar-refractivity contribution in [3.8, 4) is 11.4 Å². The number of aryl methyl sites for hydroxylation is 1. The molecule has 0 radical (unpaired) electrons. The molecule has 1 aromatic heterocycles. The van der Waals surface area contributed by atoms with Crippen LogP contribution in [-0.2, 0) is 4.74 Å². The average molecular weight is 366 g/mol. The first-order valence-corrected chi connectivity index (χ1v) is 8.59. The molecule has 0 aliphatic carbocycles. The highest BCUT2D eigenvalue weighted by Crippen LogP contribution is 2.28. The summed E-state index contributed by atoms with van der Waals surface area (Å²) < 4.78 is 12.4. The van der Waals surface area contributed by atoms with Gasteiger partial charge in [0.25, 0.3) is 5.56 Å². The number of anilines is 1. The third-order valence-corrected chi connectivity index (χ3v) is 4.03. The standard InChI is InChI=1S/C18H24ClN3O3/c1-12(2)25-9-5-6-20-17-18(23)22(8-7-21-17)15-10-13(3)14(19)11-16(15)24-4/h7-8,10-12H,5-6,9H2,1-4H3,(H,20,21). The fraction of sp³-hybridized carbons (Fsp3) is 0.444. The number of nitrogens with one attached hydrogen (secondary N) is 1. The van der Waals surface area contributed by atoms with Gasteiger partial charge in [0.15, 0.2) is 5.82 Å². The predicted octanol–water partition coefficient (Wildman–Crippen LogP) is 3.43. The van der Waals surface area contributed by atoms with Crippen LogP contribution in [0.3, 0.4) is 0 Å². The lowest BCUT2D eigenvalue weighted by Gasteiger charge is -2.14. The van der Waals surface area contributed by atoms with Crippen molar-refractivity contribution in [2.45, 2.75) is 33.3 Å². The van der Waals surface area contributed by atoms with Crippen LogP contribution in [0.4, 0.5) is 5.82 Å². The van der Waals surface area contributed by atoms with Crippen LogP contribution in [-0.4, -0.2) is 35.9 Å². The van der Waals surface area contributed by atoms with E-state index in [0.717, 1.165) is 12.0 Å². The van der Waals surface area contributed by atoms with E-state index in [1.54, 1.807) is 25.6 Å². The average Bonchev–Trinajstić information content (AvgIpc) is 2.58. The summed E-state index contributed by atoms with van der Waals surface area (Å²) in [4.78, 5) is 16.9. The van der Waals surface area contributed by atoms with Crippen LogP contribution in [0.2, 0.25) is 5.02 Å². The molecule has 0 bridgehead atoms. The van der Waals surface area contributed by atoms with Crippen molar-refractivity contribution in [3.05, 3.63) is 45.5 Å². The number of hydrogen-bond acceptors (Lipinski definition) is 5. The van der Waals surface area contributed by atoms with Crippen LogP contribution in [0, 0.1) is 6.92 Å². The second kappa shape index (κ2) is 8.87. The Balaban J connectivity index is 2.21. The summed E-state index contributed by atoms with van der Waals surface area (Å²) in [5, 5.41) is 3.66. The Morgan fingerprint density at radius 3 is 2.80 bits per heavy atom. The smallest absolute Gasteiger partial charge is 0.297 e. The van der Waals surface area contributed by atoms with Crippen molar-refractivity contribution in [2.24, 2.45) is 0 Å². The molecule has 0 saturated heterocycles. The zero-order chi connectivity index (χ0) is 18.4. The Morgan fingerprint density at radius 1 is 1.36 bits per heavy atom. The second-order valence-corrected chi connectivity index (χ2v) is 6.33. The van der Waals surface area contributed by atoms with E-state index >= 15 is 0 Å². The monoisotopic (exact) mass is 365 g/mol. The molecular weight excluding hydrogens is 342 g/mol. The van der Waals surface area contributed by atoms with Gasteiger partial charge in [-0.05, 0) is 38.8 Å². The van der Waals surface area contributed by atoms with Gasteiger partial charge < -0.3 is 14.8 Å². The van der Waals surface area contributed by atoms with Crippen molar-refractivity contribution in [1.29, 1.82) is 0 Å². The minimum Gasteiger partial charge on any atom is -0.495 e. The molecule has 0 aliphatic heterocycles.